The van der Waals surface area contributed by atoms with E-state index < -0.39 is 0 Å². The molecule has 0 bridgehead atoms. The first-order chi connectivity index (χ1) is 16.9. The smallest absolute Gasteiger partial charge is 0.225 e. The van der Waals surface area contributed by atoms with Crippen LogP contribution in [0.4, 0.5) is 5.69 Å². The van der Waals surface area contributed by atoms with Crippen molar-refractivity contribution in [1.29, 1.82) is 5.26 Å². The maximum atomic E-state index is 12.3. The van der Waals surface area contributed by atoms with Crippen LogP contribution in [0.3, 0.4) is 0 Å². The molecule has 35 heavy (non-hydrogen) atoms. The molecular weight excluding hydrogens is 440 g/mol. The highest BCUT2D eigenvalue weighted by atomic mass is 16.5. The van der Waals surface area contributed by atoms with E-state index in [0.29, 0.717) is 11.6 Å². The van der Waals surface area contributed by atoms with Crippen LogP contribution in [-0.4, -0.2) is 103 Å². The molecule has 2 atom stereocenters. The molecule has 3 fully saturated rings. The number of aromatic nitrogens is 1. The van der Waals surface area contributed by atoms with Gasteiger partial charge in [0.2, 0.25) is 5.91 Å². The zero-order valence-electron chi connectivity index (χ0n) is 21.1. The molecule has 0 N–H and O–H groups in total. The summed E-state index contributed by atoms with van der Waals surface area (Å²) in [5.41, 5.74) is 2.51. The van der Waals surface area contributed by atoms with Gasteiger partial charge in [0, 0.05) is 88.1 Å². The number of nitriles is 1. The van der Waals surface area contributed by atoms with Crippen LogP contribution in [-0.2, 0) is 9.53 Å². The molecule has 0 radical (unpaired) electrons. The van der Waals surface area contributed by atoms with E-state index in [1.807, 2.05) is 30.9 Å². The fourth-order valence-electron chi connectivity index (χ4n) is 5.75. The molecule has 186 valence electrons. The average Bonchev–Trinajstić information content (AvgIpc) is 2.84. The largest absolute Gasteiger partial charge is 0.370 e. The minimum absolute atomic E-state index is 0.0803. The molecule has 5 rings (SSSR count). The van der Waals surface area contributed by atoms with Crippen LogP contribution < -0.4 is 4.90 Å². The standard InChI is InChI=1S/C27H36N6O2/c1-19(2)27(34)32-11-9-31(10-12-32)22-15-30(16-22)17-23-18-33(14-20(3)35-23)25-7-6-21(13-28)26-24(25)5-4-8-29-26/h4-8,19-20,22-23H,9-12,14-18H2,1-3H3/t20-,23-/m1/s1. The normalized spacial score (nSPS) is 24.5. The van der Waals surface area contributed by atoms with Crippen LogP contribution in [0.5, 0.6) is 0 Å². The van der Waals surface area contributed by atoms with E-state index in [1.54, 1.807) is 6.20 Å². The molecule has 8 heteroatoms. The molecule has 0 saturated carbocycles. The lowest BCUT2D eigenvalue weighted by atomic mass is 10.0. The third-order valence-electron chi connectivity index (χ3n) is 7.57. The number of piperazine rings is 1. The summed E-state index contributed by atoms with van der Waals surface area (Å²) in [6.07, 6.45) is 2.03. The van der Waals surface area contributed by atoms with Gasteiger partial charge >= 0.3 is 0 Å². The van der Waals surface area contributed by atoms with Crippen LogP contribution in [0.25, 0.3) is 10.9 Å². The summed E-state index contributed by atoms with van der Waals surface area (Å²) < 4.78 is 6.34. The van der Waals surface area contributed by atoms with Gasteiger partial charge in [-0.3, -0.25) is 19.6 Å². The Hall–Kier alpha value is -2.73. The lowest BCUT2D eigenvalue weighted by molar-refractivity contribution is -0.137. The summed E-state index contributed by atoms with van der Waals surface area (Å²) in [5.74, 6) is 0.357. The van der Waals surface area contributed by atoms with Crippen LogP contribution in [0.1, 0.15) is 26.3 Å². The molecule has 0 aliphatic carbocycles. The lowest BCUT2D eigenvalue weighted by Crippen LogP contribution is -2.65. The Morgan fingerprint density at radius 1 is 1.14 bits per heavy atom. The van der Waals surface area contributed by atoms with Gasteiger partial charge in [0.05, 0.1) is 23.3 Å². The van der Waals surface area contributed by atoms with Gasteiger partial charge in [-0.15, -0.1) is 0 Å². The average molecular weight is 477 g/mol. The Morgan fingerprint density at radius 3 is 2.63 bits per heavy atom. The van der Waals surface area contributed by atoms with Crippen molar-refractivity contribution in [1.82, 2.24) is 19.7 Å². The molecule has 1 amide bonds. The van der Waals surface area contributed by atoms with Crippen LogP contribution in [0.2, 0.25) is 0 Å². The molecule has 3 saturated heterocycles. The van der Waals surface area contributed by atoms with E-state index in [2.05, 4.69) is 44.8 Å². The third-order valence-corrected chi connectivity index (χ3v) is 7.57. The molecular formula is C27H36N6O2. The van der Waals surface area contributed by atoms with E-state index in [1.165, 1.54) is 0 Å². The topological polar surface area (TPSA) is 75.9 Å². The van der Waals surface area contributed by atoms with Crippen molar-refractivity contribution in [2.24, 2.45) is 5.92 Å². The number of pyridine rings is 1. The number of anilines is 1. The number of rotatable bonds is 5. The highest BCUT2D eigenvalue weighted by molar-refractivity contribution is 5.95. The Bertz CT molecular complexity index is 1100. The fraction of sp³-hybridized carbons (Fsp3) is 0.593. The summed E-state index contributed by atoms with van der Waals surface area (Å²) in [6, 6.07) is 10.8. The van der Waals surface area contributed by atoms with E-state index in [-0.39, 0.29) is 24.0 Å². The number of morpholine rings is 1. The number of carbonyl (C=O) groups excluding carboxylic acids is 1. The second-order valence-electron chi connectivity index (χ2n) is 10.5. The molecule has 0 unspecified atom stereocenters. The van der Waals surface area contributed by atoms with Crippen LogP contribution >= 0.6 is 0 Å². The molecule has 4 heterocycles. The maximum Gasteiger partial charge on any atom is 0.225 e. The number of benzene rings is 1. The third kappa shape index (κ3) is 4.99. The summed E-state index contributed by atoms with van der Waals surface area (Å²) in [5, 5.41) is 10.5. The van der Waals surface area contributed by atoms with Crippen molar-refractivity contribution >= 4 is 22.5 Å². The number of nitrogens with zero attached hydrogens (tertiary/aromatic N) is 6. The Morgan fingerprint density at radius 2 is 1.91 bits per heavy atom. The Labute approximate surface area is 208 Å². The SMILES string of the molecule is CC(C)C(=O)N1CCN(C2CN(C[C@@H]3CN(c4ccc(C#N)c5ncccc45)C[C@@H](C)O3)C2)CC1. The first-order valence-electron chi connectivity index (χ1n) is 12.9. The van der Waals surface area contributed by atoms with E-state index >= 15 is 0 Å². The Kier molecular flexibility index (Phi) is 6.92. The van der Waals surface area contributed by atoms with Crippen molar-refractivity contribution in [2.75, 3.05) is 63.8 Å². The predicted molar refractivity (Wildman–Crippen MR) is 136 cm³/mol. The van der Waals surface area contributed by atoms with Crippen molar-refractivity contribution < 1.29 is 9.53 Å². The Balaban J connectivity index is 1.16. The number of fused-ring (bicyclic) bond motifs is 1. The first kappa shape index (κ1) is 24.0. The van der Waals surface area contributed by atoms with E-state index in [9.17, 15) is 10.1 Å². The van der Waals surface area contributed by atoms with Gasteiger partial charge in [-0.1, -0.05) is 13.8 Å². The molecule has 8 nitrogen and oxygen atoms in total. The molecule has 2 aromatic rings. The highest BCUT2D eigenvalue weighted by Crippen LogP contribution is 2.30. The molecule has 0 spiro atoms. The number of ether oxygens (including phenoxy) is 1. The second kappa shape index (κ2) is 10.1. The molecule has 1 aromatic heterocycles. The first-order valence-corrected chi connectivity index (χ1v) is 12.9. The summed E-state index contributed by atoms with van der Waals surface area (Å²) in [6.45, 7) is 14.5. The zero-order chi connectivity index (χ0) is 24.5. The van der Waals surface area contributed by atoms with Crippen molar-refractivity contribution in [3.63, 3.8) is 0 Å². The van der Waals surface area contributed by atoms with Gasteiger partial charge in [0.15, 0.2) is 0 Å². The van der Waals surface area contributed by atoms with Gasteiger partial charge in [0.1, 0.15) is 6.07 Å². The number of hydrogen-bond donors (Lipinski definition) is 0. The monoisotopic (exact) mass is 476 g/mol. The van der Waals surface area contributed by atoms with Crippen molar-refractivity contribution in [3.8, 4) is 6.07 Å². The molecule has 3 aliphatic heterocycles. The molecule has 3 aliphatic rings. The van der Waals surface area contributed by atoms with Crippen molar-refractivity contribution in [3.05, 3.63) is 36.0 Å². The zero-order valence-corrected chi connectivity index (χ0v) is 21.1. The van der Waals surface area contributed by atoms with Crippen LogP contribution in [0, 0.1) is 17.2 Å². The van der Waals surface area contributed by atoms with Gasteiger partial charge < -0.3 is 14.5 Å². The summed E-state index contributed by atoms with van der Waals surface area (Å²) >= 11 is 0. The summed E-state index contributed by atoms with van der Waals surface area (Å²) in [7, 11) is 0. The van der Waals surface area contributed by atoms with E-state index in [4.69, 9.17) is 4.74 Å². The van der Waals surface area contributed by atoms with E-state index in [0.717, 1.165) is 75.5 Å². The van der Waals surface area contributed by atoms with Gasteiger partial charge in [0.25, 0.3) is 0 Å². The minimum atomic E-state index is 0.0803. The predicted octanol–water partition coefficient (Wildman–Crippen LogP) is 2.18. The fourth-order valence-corrected chi connectivity index (χ4v) is 5.75. The number of amides is 1. The maximum absolute atomic E-state index is 12.3. The van der Waals surface area contributed by atoms with Gasteiger partial charge in [-0.05, 0) is 31.2 Å². The van der Waals surface area contributed by atoms with Gasteiger partial charge in [-0.2, -0.15) is 5.26 Å². The summed E-state index contributed by atoms with van der Waals surface area (Å²) in [4.78, 5) is 26.2. The minimum Gasteiger partial charge on any atom is -0.370 e. The number of carbonyl (C=O) groups is 1. The molecule has 1 aromatic carbocycles. The lowest BCUT2D eigenvalue weighted by Gasteiger charge is -2.50. The quantitative estimate of drug-likeness (QED) is 0.655. The van der Waals surface area contributed by atoms with Gasteiger partial charge in [-0.25, -0.2) is 0 Å². The number of hydrogen-bond acceptors (Lipinski definition) is 7. The highest BCUT2D eigenvalue weighted by Gasteiger charge is 2.37. The second-order valence-corrected chi connectivity index (χ2v) is 10.5. The van der Waals surface area contributed by atoms with Crippen LogP contribution in [0.15, 0.2) is 30.5 Å². The van der Waals surface area contributed by atoms with Crippen molar-refractivity contribution in [2.45, 2.75) is 39.0 Å². The number of likely N-dealkylation sites (tertiary alicyclic amines) is 1.